The molecule has 3 aromatic rings. The quantitative estimate of drug-likeness (QED) is 0.740. The molecule has 0 bridgehead atoms. The van der Waals surface area contributed by atoms with Gasteiger partial charge in [-0.1, -0.05) is 42.0 Å². The number of benzene rings is 2. The summed E-state index contributed by atoms with van der Waals surface area (Å²) < 4.78 is 2.10. The Balaban J connectivity index is 1.84. The fraction of sp³-hybridized carbons (Fsp3) is 0.250. The first kappa shape index (κ1) is 15.3. The lowest BCUT2D eigenvalue weighted by Gasteiger charge is -2.07. The van der Waals surface area contributed by atoms with Gasteiger partial charge in [0.1, 0.15) is 0 Å². The van der Waals surface area contributed by atoms with Gasteiger partial charge in [0.05, 0.1) is 12.2 Å². The van der Waals surface area contributed by atoms with Gasteiger partial charge in [-0.2, -0.15) is 5.10 Å². The van der Waals surface area contributed by atoms with Crippen molar-refractivity contribution in [2.45, 2.75) is 33.7 Å². The van der Waals surface area contributed by atoms with Gasteiger partial charge in [-0.3, -0.25) is 4.68 Å². The van der Waals surface area contributed by atoms with Crippen molar-refractivity contribution in [3.05, 3.63) is 82.2 Å². The third kappa shape index (κ3) is 3.45. The van der Waals surface area contributed by atoms with Crippen LogP contribution in [-0.4, -0.2) is 9.78 Å². The lowest BCUT2D eigenvalue weighted by atomic mass is 10.0. The first-order valence-electron chi connectivity index (χ1n) is 7.96. The number of nitrogens with two attached hydrogens (primary N) is 1. The smallest absolute Gasteiger partial charge is 0.0662 e. The Kier molecular flexibility index (Phi) is 4.20. The van der Waals surface area contributed by atoms with Crippen LogP contribution in [-0.2, 0) is 13.0 Å². The maximum Gasteiger partial charge on any atom is 0.0662 e. The Morgan fingerprint density at radius 1 is 0.870 bits per heavy atom. The van der Waals surface area contributed by atoms with Crippen LogP contribution in [0.1, 0.15) is 33.6 Å². The van der Waals surface area contributed by atoms with Gasteiger partial charge in [0.2, 0.25) is 0 Å². The van der Waals surface area contributed by atoms with E-state index in [9.17, 15) is 0 Å². The molecular weight excluding hydrogens is 282 g/mol. The predicted molar refractivity (Wildman–Crippen MR) is 95.6 cm³/mol. The van der Waals surface area contributed by atoms with Gasteiger partial charge in [-0.05, 0) is 44.0 Å². The lowest BCUT2D eigenvalue weighted by Crippen LogP contribution is -2.04. The van der Waals surface area contributed by atoms with E-state index in [0.717, 1.165) is 24.3 Å². The van der Waals surface area contributed by atoms with Crippen LogP contribution in [0.25, 0.3) is 0 Å². The summed E-state index contributed by atoms with van der Waals surface area (Å²) in [6.07, 6.45) is 0.895. The average molecular weight is 305 g/mol. The van der Waals surface area contributed by atoms with Crippen molar-refractivity contribution < 1.29 is 0 Å². The van der Waals surface area contributed by atoms with Crippen molar-refractivity contribution >= 4 is 5.69 Å². The molecule has 0 aliphatic rings. The average Bonchev–Trinajstić information content (AvgIpc) is 2.79. The van der Waals surface area contributed by atoms with Crippen molar-refractivity contribution in [1.82, 2.24) is 9.78 Å². The van der Waals surface area contributed by atoms with E-state index in [1.165, 1.54) is 27.9 Å². The lowest BCUT2D eigenvalue weighted by molar-refractivity contribution is 0.658. The fourth-order valence-electron chi connectivity index (χ4n) is 2.85. The largest absolute Gasteiger partial charge is 0.399 e. The summed E-state index contributed by atoms with van der Waals surface area (Å²) >= 11 is 0. The van der Waals surface area contributed by atoms with E-state index in [4.69, 9.17) is 10.8 Å². The summed E-state index contributed by atoms with van der Waals surface area (Å²) in [6.45, 7) is 7.17. The number of rotatable bonds is 4. The molecule has 3 nitrogen and oxygen atoms in total. The number of aromatic nitrogens is 2. The minimum atomic E-state index is 0.803. The normalized spacial score (nSPS) is 10.9. The number of aryl methyl sites for hydroxylation is 2. The Morgan fingerprint density at radius 3 is 2.13 bits per heavy atom. The molecule has 0 saturated carbocycles. The standard InChI is InChI=1S/C20H23N3/c1-14-4-6-18(7-5-14)13-23-16(3)20(15(2)22-23)12-17-8-10-19(21)11-9-17/h4-11H,12-13,21H2,1-3H3. The van der Waals surface area contributed by atoms with Gasteiger partial charge in [-0.25, -0.2) is 0 Å². The van der Waals surface area contributed by atoms with Crippen molar-refractivity contribution in [3.8, 4) is 0 Å². The molecule has 0 aliphatic carbocycles. The summed E-state index contributed by atoms with van der Waals surface area (Å²) in [6, 6.07) is 16.7. The second-order valence-corrected chi connectivity index (χ2v) is 6.21. The van der Waals surface area contributed by atoms with E-state index in [2.05, 4.69) is 61.9 Å². The van der Waals surface area contributed by atoms with E-state index in [0.29, 0.717) is 0 Å². The monoisotopic (exact) mass is 305 g/mol. The molecule has 23 heavy (non-hydrogen) atoms. The maximum atomic E-state index is 5.76. The highest BCUT2D eigenvalue weighted by Crippen LogP contribution is 2.19. The third-order valence-corrected chi connectivity index (χ3v) is 4.34. The van der Waals surface area contributed by atoms with Crippen molar-refractivity contribution in [3.63, 3.8) is 0 Å². The van der Waals surface area contributed by atoms with Crippen LogP contribution in [0, 0.1) is 20.8 Å². The molecule has 1 aromatic heterocycles. The molecule has 0 amide bonds. The molecule has 0 atom stereocenters. The molecule has 0 saturated heterocycles. The molecule has 118 valence electrons. The van der Waals surface area contributed by atoms with Gasteiger partial charge in [0.25, 0.3) is 0 Å². The van der Waals surface area contributed by atoms with E-state index in [1.54, 1.807) is 0 Å². The fourth-order valence-corrected chi connectivity index (χ4v) is 2.85. The number of anilines is 1. The zero-order chi connectivity index (χ0) is 16.4. The Labute approximate surface area is 137 Å². The summed E-state index contributed by atoms with van der Waals surface area (Å²) in [5, 5.41) is 4.73. The third-order valence-electron chi connectivity index (χ3n) is 4.34. The Bertz CT molecular complexity index is 796. The highest BCUT2D eigenvalue weighted by molar-refractivity contribution is 5.41. The predicted octanol–water partition coefficient (Wildman–Crippen LogP) is 4.03. The Hall–Kier alpha value is -2.55. The number of nitrogens with zero attached hydrogens (tertiary/aromatic N) is 2. The summed E-state index contributed by atoms with van der Waals surface area (Å²) in [5.74, 6) is 0. The van der Waals surface area contributed by atoms with E-state index in [-0.39, 0.29) is 0 Å². The minimum Gasteiger partial charge on any atom is -0.399 e. The van der Waals surface area contributed by atoms with Crippen LogP contribution < -0.4 is 5.73 Å². The van der Waals surface area contributed by atoms with Crippen molar-refractivity contribution in [2.75, 3.05) is 5.73 Å². The van der Waals surface area contributed by atoms with Gasteiger partial charge < -0.3 is 5.73 Å². The molecular formula is C20H23N3. The van der Waals surface area contributed by atoms with Gasteiger partial charge in [0, 0.05) is 23.4 Å². The molecule has 0 spiro atoms. The number of hydrogen-bond acceptors (Lipinski definition) is 2. The highest BCUT2D eigenvalue weighted by atomic mass is 15.3. The number of nitrogen functional groups attached to an aromatic ring is 1. The van der Waals surface area contributed by atoms with Crippen LogP contribution in [0.4, 0.5) is 5.69 Å². The van der Waals surface area contributed by atoms with Crippen LogP contribution in [0.3, 0.4) is 0 Å². The molecule has 1 heterocycles. The summed E-state index contributed by atoms with van der Waals surface area (Å²) in [7, 11) is 0. The molecule has 3 rings (SSSR count). The van der Waals surface area contributed by atoms with E-state index >= 15 is 0 Å². The Morgan fingerprint density at radius 2 is 1.48 bits per heavy atom. The minimum absolute atomic E-state index is 0.803. The second-order valence-electron chi connectivity index (χ2n) is 6.21. The first-order valence-corrected chi connectivity index (χ1v) is 7.96. The molecule has 2 N–H and O–H groups in total. The van der Waals surface area contributed by atoms with Crippen LogP contribution in [0.15, 0.2) is 48.5 Å². The van der Waals surface area contributed by atoms with Gasteiger partial charge in [0.15, 0.2) is 0 Å². The zero-order valence-corrected chi connectivity index (χ0v) is 14.0. The van der Waals surface area contributed by atoms with Gasteiger partial charge >= 0.3 is 0 Å². The first-order chi connectivity index (χ1) is 11.0. The van der Waals surface area contributed by atoms with Gasteiger partial charge in [-0.15, -0.1) is 0 Å². The van der Waals surface area contributed by atoms with E-state index in [1.807, 2.05) is 12.1 Å². The van der Waals surface area contributed by atoms with Crippen LogP contribution in [0.2, 0.25) is 0 Å². The van der Waals surface area contributed by atoms with Crippen molar-refractivity contribution in [1.29, 1.82) is 0 Å². The topological polar surface area (TPSA) is 43.8 Å². The van der Waals surface area contributed by atoms with E-state index < -0.39 is 0 Å². The van der Waals surface area contributed by atoms with Crippen LogP contribution in [0.5, 0.6) is 0 Å². The molecule has 0 unspecified atom stereocenters. The molecule has 0 fully saturated rings. The van der Waals surface area contributed by atoms with Crippen LogP contribution >= 0.6 is 0 Å². The summed E-state index contributed by atoms with van der Waals surface area (Å²) in [4.78, 5) is 0. The molecule has 0 radical (unpaired) electrons. The second kappa shape index (κ2) is 6.29. The molecule has 0 aliphatic heterocycles. The highest BCUT2D eigenvalue weighted by Gasteiger charge is 2.12. The molecule has 2 aromatic carbocycles. The number of hydrogen-bond donors (Lipinski definition) is 1. The zero-order valence-electron chi connectivity index (χ0n) is 14.0. The maximum absolute atomic E-state index is 5.76. The SMILES string of the molecule is Cc1ccc(Cn2nc(C)c(Cc3ccc(N)cc3)c2C)cc1. The summed E-state index contributed by atoms with van der Waals surface area (Å²) in [5.41, 5.74) is 14.0. The molecule has 3 heteroatoms. The van der Waals surface area contributed by atoms with Crippen molar-refractivity contribution in [2.24, 2.45) is 0 Å².